The average Bonchev–Trinajstić information content (AvgIpc) is 2.60. The lowest BCUT2D eigenvalue weighted by Crippen LogP contribution is -2.31. The van der Waals surface area contributed by atoms with E-state index in [4.69, 9.17) is 0 Å². The van der Waals surface area contributed by atoms with Crippen molar-refractivity contribution < 1.29 is 31.2 Å². The summed E-state index contributed by atoms with van der Waals surface area (Å²) in [4.78, 5) is 23.6. The van der Waals surface area contributed by atoms with E-state index in [1.807, 2.05) is 0 Å². The van der Waals surface area contributed by atoms with Crippen LogP contribution in [0.3, 0.4) is 0 Å². The number of amides is 2. The lowest BCUT2D eigenvalue weighted by molar-refractivity contribution is -0.0436. The zero-order valence-corrected chi connectivity index (χ0v) is 15.7. The highest BCUT2D eigenvalue weighted by Gasteiger charge is 2.46. The average molecular weight is 414 g/mol. The molecule has 0 fully saturated rings. The van der Waals surface area contributed by atoms with Crippen molar-refractivity contribution >= 4 is 27.3 Å². The molecule has 0 aliphatic rings. The molecular weight excluding hydrogens is 397 g/mol. The van der Waals surface area contributed by atoms with E-state index in [1.165, 1.54) is 12.1 Å². The Hall–Kier alpha value is -2.88. The molecule has 0 aliphatic heterocycles. The highest BCUT2D eigenvalue weighted by Crippen LogP contribution is 2.30. The molecule has 2 amide bonds. The largest absolute Gasteiger partial charge is 0.501 e. The van der Waals surface area contributed by atoms with Crippen molar-refractivity contribution in [2.75, 3.05) is 5.32 Å². The highest BCUT2D eigenvalue weighted by atomic mass is 32.2. The first-order valence-corrected chi connectivity index (χ1v) is 9.54. The van der Waals surface area contributed by atoms with Gasteiger partial charge in [-0.2, -0.15) is 13.2 Å². The summed E-state index contributed by atoms with van der Waals surface area (Å²) in [5.41, 5.74) is -5.09. The summed E-state index contributed by atoms with van der Waals surface area (Å²) in [6.07, 6.45) is 0. The minimum absolute atomic E-state index is 0.0693. The number of para-hydroxylation sites is 1. The molecule has 10 heteroatoms. The van der Waals surface area contributed by atoms with Crippen LogP contribution in [0.25, 0.3) is 0 Å². The van der Waals surface area contributed by atoms with Crippen LogP contribution in [0.1, 0.15) is 34.6 Å². The molecule has 0 aromatic heterocycles. The maximum absolute atomic E-state index is 12.6. The van der Waals surface area contributed by atoms with Gasteiger partial charge in [0.15, 0.2) is 0 Å². The van der Waals surface area contributed by atoms with Crippen LogP contribution in [0, 0.1) is 0 Å². The lowest BCUT2D eigenvalue weighted by Gasteiger charge is -2.13. The fourth-order valence-corrected chi connectivity index (χ4v) is 3.01. The minimum Gasteiger partial charge on any atom is -0.350 e. The van der Waals surface area contributed by atoms with Crippen molar-refractivity contribution in [1.82, 2.24) is 5.32 Å². The van der Waals surface area contributed by atoms with Gasteiger partial charge < -0.3 is 10.6 Å². The van der Waals surface area contributed by atoms with E-state index < -0.39 is 32.1 Å². The number of sulfone groups is 1. The third-order valence-electron chi connectivity index (χ3n) is 3.57. The van der Waals surface area contributed by atoms with Crippen molar-refractivity contribution in [3.05, 3.63) is 59.7 Å². The molecule has 0 saturated carbocycles. The standard InChI is InChI=1S/C18H17F3N2O4S/c1-11(2)22-17(25)14-5-3-4-6-15(14)23-16(24)12-7-9-13(10-8-12)28(26,27)18(19,20)21/h3-11H,1-2H3,(H,22,25)(H,23,24). The number of anilines is 1. The van der Waals surface area contributed by atoms with Crippen molar-refractivity contribution in [2.24, 2.45) is 0 Å². The molecule has 0 spiro atoms. The number of carbonyl (C=O) groups excluding carboxylic acids is 2. The number of carbonyl (C=O) groups is 2. The predicted octanol–water partition coefficient (Wildman–Crippen LogP) is 3.37. The molecule has 6 nitrogen and oxygen atoms in total. The normalized spacial score (nSPS) is 11.9. The summed E-state index contributed by atoms with van der Waals surface area (Å²) >= 11 is 0. The van der Waals surface area contributed by atoms with Crippen molar-refractivity contribution in [1.29, 1.82) is 0 Å². The monoisotopic (exact) mass is 414 g/mol. The first-order chi connectivity index (χ1) is 12.9. The van der Waals surface area contributed by atoms with Crippen LogP contribution < -0.4 is 10.6 Å². The van der Waals surface area contributed by atoms with Gasteiger partial charge in [0.1, 0.15) is 0 Å². The Labute approximate surface area is 159 Å². The van der Waals surface area contributed by atoms with Gasteiger partial charge in [0.2, 0.25) is 0 Å². The Morgan fingerprint density at radius 2 is 1.50 bits per heavy atom. The van der Waals surface area contributed by atoms with E-state index in [9.17, 15) is 31.2 Å². The van der Waals surface area contributed by atoms with Crippen LogP contribution >= 0.6 is 0 Å². The number of hydrogen-bond donors (Lipinski definition) is 2. The number of halogens is 3. The van der Waals surface area contributed by atoms with Crippen LogP contribution in [0.4, 0.5) is 18.9 Å². The van der Waals surface area contributed by atoms with Gasteiger partial charge in [-0.3, -0.25) is 9.59 Å². The third kappa shape index (κ3) is 4.69. The second-order valence-corrected chi connectivity index (χ2v) is 8.04. The van der Waals surface area contributed by atoms with Crippen LogP contribution in [0.2, 0.25) is 0 Å². The Balaban J connectivity index is 2.24. The third-order valence-corrected chi connectivity index (χ3v) is 5.07. The Kier molecular flexibility index (Phi) is 6.13. The van der Waals surface area contributed by atoms with Crippen LogP contribution in [-0.2, 0) is 9.84 Å². The molecule has 28 heavy (non-hydrogen) atoms. The van der Waals surface area contributed by atoms with E-state index in [0.29, 0.717) is 12.1 Å². The molecule has 0 atom stereocenters. The number of nitrogens with one attached hydrogen (secondary N) is 2. The zero-order valence-electron chi connectivity index (χ0n) is 14.9. The second-order valence-electron chi connectivity index (χ2n) is 6.10. The summed E-state index contributed by atoms with van der Waals surface area (Å²) in [5.74, 6) is -1.11. The van der Waals surface area contributed by atoms with Gasteiger partial charge in [-0.1, -0.05) is 12.1 Å². The van der Waals surface area contributed by atoms with Crippen LogP contribution in [0.5, 0.6) is 0 Å². The van der Waals surface area contributed by atoms with Gasteiger partial charge in [0, 0.05) is 11.6 Å². The van der Waals surface area contributed by atoms with E-state index in [-0.39, 0.29) is 22.9 Å². The van der Waals surface area contributed by atoms with Gasteiger partial charge in [0.25, 0.3) is 21.7 Å². The molecule has 0 aliphatic carbocycles. The summed E-state index contributed by atoms with van der Waals surface area (Å²) in [7, 11) is -5.49. The topological polar surface area (TPSA) is 92.3 Å². The number of hydrogen-bond acceptors (Lipinski definition) is 4. The van der Waals surface area contributed by atoms with Crippen molar-refractivity contribution in [3.63, 3.8) is 0 Å². The number of rotatable bonds is 5. The first kappa shape index (κ1) is 21.4. The Morgan fingerprint density at radius 3 is 2.04 bits per heavy atom. The van der Waals surface area contributed by atoms with Crippen molar-refractivity contribution in [2.45, 2.75) is 30.3 Å². The molecule has 2 aromatic carbocycles. The van der Waals surface area contributed by atoms with Gasteiger partial charge >= 0.3 is 5.51 Å². The molecule has 0 heterocycles. The van der Waals surface area contributed by atoms with Crippen LogP contribution in [-0.4, -0.2) is 31.8 Å². The Morgan fingerprint density at radius 1 is 0.929 bits per heavy atom. The first-order valence-electron chi connectivity index (χ1n) is 8.06. The maximum atomic E-state index is 12.6. The number of benzene rings is 2. The molecule has 0 radical (unpaired) electrons. The lowest BCUT2D eigenvalue weighted by atomic mass is 10.1. The maximum Gasteiger partial charge on any atom is 0.501 e. The Bertz CT molecular complexity index is 985. The van der Waals surface area contributed by atoms with E-state index in [2.05, 4.69) is 10.6 Å². The van der Waals surface area contributed by atoms with E-state index in [0.717, 1.165) is 12.1 Å². The summed E-state index contributed by atoms with van der Waals surface area (Å²) in [6, 6.07) is 9.42. The molecule has 0 bridgehead atoms. The van der Waals surface area contributed by atoms with Gasteiger partial charge in [-0.05, 0) is 50.2 Å². The van der Waals surface area contributed by atoms with E-state index >= 15 is 0 Å². The smallest absolute Gasteiger partial charge is 0.350 e. The second kappa shape index (κ2) is 8.01. The zero-order chi connectivity index (χ0) is 21.1. The van der Waals surface area contributed by atoms with Gasteiger partial charge in [-0.15, -0.1) is 0 Å². The summed E-state index contributed by atoms with van der Waals surface area (Å²) < 4.78 is 60.4. The van der Waals surface area contributed by atoms with Gasteiger partial charge in [-0.25, -0.2) is 8.42 Å². The molecule has 2 rings (SSSR count). The molecule has 0 unspecified atom stereocenters. The van der Waals surface area contributed by atoms with Crippen LogP contribution in [0.15, 0.2) is 53.4 Å². The molecule has 2 N–H and O–H groups in total. The molecule has 150 valence electrons. The van der Waals surface area contributed by atoms with E-state index in [1.54, 1.807) is 26.0 Å². The molecular formula is C18H17F3N2O4S. The van der Waals surface area contributed by atoms with Crippen molar-refractivity contribution in [3.8, 4) is 0 Å². The molecule has 2 aromatic rings. The summed E-state index contributed by atoms with van der Waals surface area (Å²) in [5, 5.41) is 5.19. The fraction of sp³-hybridized carbons (Fsp3) is 0.222. The SMILES string of the molecule is CC(C)NC(=O)c1ccccc1NC(=O)c1ccc(S(=O)(=O)C(F)(F)F)cc1. The summed E-state index contributed by atoms with van der Waals surface area (Å²) in [6.45, 7) is 3.55. The highest BCUT2D eigenvalue weighted by molar-refractivity contribution is 7.92. The predicted molar refractivity (Wildman–Crippen MR) is 96.7 cm³/mol. The molecule has 0 saturated heterocycles. The quantitative estimate of drug-likeness (QED) is 0.785. The fourth-order valence-electron chi connectivity index (χ4n) is 2.24. The minimum atomic E-state index is -5.49. The van der Waals surface area contributed by atoms with Gasteiger partial charge in [0.05, 0.1) is 16.1 Å². The number of alkyl halides is 3.